The normalized spacial score (nSPS) is 12.4. The molecule has 0 aliphatic carbocycles. The van der Waals surface area contributed by atoms with Crippen LogP contribution in [0.4, 0.5) is 0 Å². The molecule has 0 aliphatic heterocycles. The summed E-state index contributed by atoms with van der Waals surface area (Å²) < 4.78 is 11.6. The molecule has 0 aliphatic rings. The number of aromatic nitrogens is 1. The molecule has 0 bridgehead atoms. The van der Waals surface area contributed by atoms with Gasteiger partial charge in [0, 0.05) is 41.0 Å². The van der Waals surface area contributed by atoms with Crippen molar-refractivity contribution < 1.29 is 9.15 Å². The molecule has 1 atom stereocenters. The topological polar surface area (TPSA) is 47.3 Å². The fourth-order valence-corrected chi connectivity index (χ4v) is 3.08. The Labute approximate surface area is 134 Å². The average Bonchev–Trinajstić information content (AvgIpc) is 2.88. The summed E-state index contributed by atoms with van der Waals surface area (Å²) in [6.45, 7) is 7.04. The molecule has 2 rings (SSSR count). The molecule has 0 amide bonds. The highest BCUT2D eigenvalue weighted by molar-refractivity contribution is 9.10. The summed E-state index contributed by atoms with van der Waals surface area (Å²) in [5.41, 5.74) is 4.30. The smallest absolute Gasteiger partial charge is 0.173 e. The Morgan fingerprint density at radius 3 is 2.76 bits per heavy atom. The van der Waals surface area contributed by atoms with Gasteiger partial charge in [0.25, 0.3) is 0 Å². The number of aryl methyl sites for hydroxylation is 1. The third-order valence-corrected chi connectivity index (χ3v) is 4.26. The van der Waals surface area contributed by atoms with Gasteiger partial charge in [-0.25, -0.2) is 0 Å². The number of furan rings is 1. The zero-order valence-electron chi connectivity index (χ0n) is 12.9. The number of hydrogen-bond acceptors (Lipinski definition) is 4. The van der Waals surface area contributed by atoms with E-state index in [0.717, 1.165) is 45.8 Å². The molecule has 0 fully saturated rings. The Balaban J connectivity index is 2.32. The number of ether oxygens (including phenoxy) is 1. The molecule has 21 heavy (non-hydrogen) atoms. The second kappa shape index (κ2) is 7.09. The minimum Gasteiger partial charge on any atom is -0.496 e. The van der Waals surface area contributed by atoms with Crippen LogP contribution in [0.25, 0.3) is 0 Å². The highest BCUT2D eigenvalue weighted by Crippen LogP contribution is 2.30. The van der Waals surface area contributed by atoms with E-state index in [1.807, 2.05) is 19.2 Å². The van der Waals surface area contributed by atoms with E-state index in [1.54, 1.807) is 13.4 Å². The van der Waals surface area contributed by atoms with Crippen molar-refractivity contribution in [3.63, 3.8) is 0 Å². The van der Waals surface area contributed by atoms with Crippen molar-refractivity contribution in [2.24, 2.45) is 0 Å². The lowest BCUT2D eigenvalue weighted by atomic mass is 10.0. The average molecular weight is 353 g/mol. The molecule has 114 valence electrons. The molecule has 2 heterocycles. The standard InChI is InChI=1S/C16H21BrN2O2/c1-5-18-14(12-6-7-21-16(12)17)8-13-11(3)15(20-4)10(2)9-19-13/h6-7,9,14,18H,5,8H2,1-4H3. The molecule has 0 radical (unpaired) electrons. The van der Waals surface area contributed by atoms with E-state index in [0.29, 0.717) is 0 Å². The van der Waals surface area contributed by atoms with Gasteiger partial charge in [-0.2, -0.15) is 0 Å². The molecule has 0 saturated carbocycles. The Hall–Kier alpha value is -1.33. The largest absolute Gasteiger partial charge is 0.496 e. The number of pyridine rings is 1. The van der Waals surface area contributed by atoms with Crippen LogP contribution in [0.15, 0.2) is 27.6 Å². The Bertz CT molecular complexity index is 610. The predicted octanol–water partition coefficient (Wildman–Crippen LogP) is 3.96. The fraction of sp³-hybridized carbons (Fsp3) is 0.438. The van der Waals surface area contributed by atoms with Gasteiger partial charge in [0.15, 0.2) is 4.67 Å². The number of halogens is 1. The summed E-state index contributed by atoms with van der Waals surface area (Å²) in [4.78, 5) is 4.58. The third kappa shape index (κ3) is 3.47. The molecule has 1 unspecified atom stereocenters. The minimum atomic E-state index is 0.154. The maximum Gasteiger partial charge on any atom is 0.173 e. The van der Waals surface area contributed by atoms with Crippen molar-refractivity contribution in [3.05, 3.63) is 45.6 Å². The van der Waals surface area contributed by atoms with Crippen molar-refractivity contribution in [1.82, 2.24) is 10.3 Å². The zero-order chi connectivity index (χ0) is 15.4. The van der Waals surface area contributed by atoms with Crippen LogP contribution in [-0.2, 0) is 6.42 Å². The molecular formula is C16H21BrN2O2. The molecule has 2 aromatic heterocycles. The number of nitrogens with one attached hydrogen (secondary N) is 1. The van der Waals surface area contributed by atoms with Gasteiger partial charge in [-0.1, -0.05) is 6.92 Å². The maximum absolute atomic E-state index is 5.48. The number of rotatable bonds is 6. The first-order chi connectivity index (χ1) is 10.1. The summed E-state index contributed by atoms with van der Waals surface area (Å²) in [6, 6.07) is 2.14. The Morgan fingerprint density at radius 2 is 2.19 bits per heavy atom. The van der Waals surface area contributed by atoms with Gasteiger partial charge >= 0.3 is 0 Å². The second-order valence-electron chi connectivity index (χ2n) is 5.01. The summed E-state index contributed by atoms with van der Waals surface area (Å²) in [5, 5.41) is 3.48. The SMILES string of the molecule is CCNC(Cc1ncc(C)c(OC)c1C)c1ccoc1Br. The fourth-order valence-electron chi connectivity index (χ4n) is 2.56. The molecule has 4 nitrogen and oxygen atoms in total. The maximum atomic E-state index is 5.48. The van der Waals surface area contributed by atoms with Crippen molar-refractivity contribution in [1.29, 1.82) is 0 Å². The van der Waals surface area contributed by atoms with Gasteiger partial charge in [0.05, 0.1) is 13.4 Å². The van der Waals surface area contributed by atoms with Crippen LogP contribution in [0.1, 0.15) is 35.3 Å². The molecular weight excluding hydrogens is 332 g/mol. The van der Waals surface area contributed by atoms with Crippen molar-refractivity contribution >= 4 is 15.9 Å². The first-order valence-electron chi connectivity index (χ1n) is 7.03. The lowest BCUT2D eigenvalue weighted by molar-refractivity contribution is 0.406. The van der Waals surface area contributed by atoms with Gasteiger partial charge in [-0.15, -0.1) is 0 Å². The summed E-state index contributed by atoms with van der Waals surface area (Å²) >= 11 is 3.46. The van der Waals surface area contributed by atoms with Crippen LogP contribution in [0.2, 0.25) is 0 Å². The highest BCUT2D eigenvalue weighted by Gasteiger charge is 2.19. The molecule has 0 spiro atoms. The van der Waals surface area contributed by atoms with Crippen molar-refractivity contribution in [2.45, 2.75) is 33.2 Å². The van der Waals surface area contributed by atoms with Gasteiger partial charge < -0.3 is 14.5 Å². The second-order valence-corrected chi connectivity index (χ2v) is 5.73. The van der Waals surface area contributed by atoms with Crippen LogP contribution >= 0.6 is 15.9 Å². The van der Waals surface area contributed by atoms with E-state index in [4.69, 9.17) is 9.15 Å². The highest BCUT2D eigenvalue weighted by atomic mass is 79.9. The summed E-state index contributed by atoms with van der Waals surface area (Å²) in [7, 11) is 1.70. The number of nitrogens with zero attached hydrogens (tertiary/aromatic N) is 1. The van der Waals surface area contributed by atoms with Gasteiger partial charge in [-0.05, 0) is 42.4 Å². The van der Waals surface area contributed by atoms with Crippen molar-refractivity contribution in [3.8, 4) is 5.75 Å². The van der Waals surface area contributed by atoms with Gasteiger partial charge in [0.1, 0.15) is 5.75 Å². The van der Waals surface area contributed by atoms with E-state index < -0.39 is 0 Å². The van der Waals surface area contributed by atoms with Crippen LogP contribution in [0.5, 0.6) is 5.75 Å². The van der Waals surface area contributed by atoms with Crippen LogP contribution in [-0.4, -0.2) is 18.6 Å². The number of likely N-dealkylation sites (N-methyl/N-ethyl adjacent to an activating group) is 1. The molecule has 0 aromatic carbocycles. The Morgan fingerprint density at radius 1 is 1.43 bits per heavy atom. The monoisotopic (exact) mass is 352 g/mol. The predicted molar refractivity (Wildman–Crippen MR) is 86.8 cm³/mol. The number of methoxy groups -OCH3 is 1. The summed E-state index contributed by atoms with van der Waals surface area (Å²) in [6.07, 6.45) is 4.35. The van der Waals surface area contributed by atoms with E-state index >= 15 is 0 Å². The van der Waals surface area contributed by atoms with Crippen molar-refractivity contribution in [2.75, 3.05) is 13.7 Å². The lowest BCUT2D eigenvalue weighted by Crippen LogP contribution is -2.23. The van der Waals surface area contributed by atoms with E-state index in [9.17, 15) is 0 Å². The van der Waals surface area contributed by atoms with E-state index in [1.165, 1.54) is 0 Å². The van der Waals surface area contributed by atoms with E-state index in [-0.39, 0.29) is 6.04 Å². The molecule has 5 heteroatoms. The Kier molecular flexibility index (Phi) is 5.42. The lowest BCUT2D eigenvalue weighted by Gasteiger charge is -2.19. The minimum absolute atomic E-state index is 0.154. The summed E-state index contributed by atoms with van der Waals surface area (Å²) in [5.74, 6) is 0.918. The van der Waals surface area contributed by atoms with Gasteiger partial charge in [0.2, 0.25) is 0 Å². The molecule has 1 N–H and O–H groups in total. The first kappa shape index (κ1) is 16.0. The number of hydrogen-bond donors (Lipinski definition) is 1. The third-order valence-electron chi connectivity index (χ3n) is 3.62. The van der Waals surface area contributed by atoms with E-state index in [2.05, 4.69) is 40.1 Å². The molecule has 0 saturated heterocycles. The van der Waals surface area contributed by atoms with Crippen LogP contribution in [0, 0.1) is 13.8 Å². The zero-order valence-corrected chi connectivity index (χ0v) is 14.5. The molecule has 2 aromatic rings. The van der Waals surface area contributed by atoms with Crippen LogP contribution in [0.3, 0.4) is 0 Å². The van der Waals surface area contributed by atoms with Crippen LogP contribution < -0.4 is 10.1 Å². The van der Waals surface area contributed by atoms with Gasteiger partial charge in [-0.3, -0.25) is 4.98 Å². The first-order valence-corrected chi connectivity index (χ1v) is 7.83. The quantitative estimate of drug-likeness (QED) is 0.854.